The van der Waals surface area contributed by atoms with E-state index in [1.807, 2.05) is 0 Å². The first-order chi connectivity index (χ1) is 18.0. The second-order valence-corrected chi connectivity index (χ2v) is 9.23. The topological polar surface area (TPSA) is 96.6 Å². The van der Waals surface area contributed by atoms with Gasteiger partial charge in [-0.05, 0) is 67.1 Å². The molecule has 5 rings (SSSR count). The monoisotopic (exact) mass is 528 g/mol. The fraction of sp³-hybridized carbons (Fsp3) is 0.333. The van der Waals surface area contributed by atoms with Gasteiger partial charge in [-0.15, -0.1) is 0 Å². The number of carbonyl (C=O) groups excluding carboxylic acids is 2. The summed E-state index contributed by atoms with van der Waals surface area (Å²) in [6, 6.07) is 7.53. The molecule has 0 radical (unpaired) electrons. The van der Waals surface area contributed by atoms with Gasteiger partial charge in [0.15, 0.2) is 0 Å². The third kappa shape index (κ3) is 4.11. The van der Waals surface area contributed by atoms with Gasteiger partial charge in [-0.25, -0.2) is 9.59 Å². The van der Waals surface area contributed by atoms with Crippen LogP contribution in [-0.4, -0.2) is 27.7 Å². The van der Waals surface area contributed by atoms with Gasteiger partial charge in [0.2, 0.25) is 0 Å². The van der Waals surface area contributed by atoms with Crippen molar-refractivity contribution in [3.63, 3.8) is 0 Å². The highest BCUT2D eigenvalue weighted by molar-refractivity contribution is 5.88. The van der Waals surface area contributed by atoms with Gasteiger partial charge in [0.25, 0.3) is 5.56 Å². The highest BCUT2D eigenvalue weighted by Crippen LogP contribution is 2.41. The van der Waals surface area contributed by atoms with Crippen LogP contribution in [0.3, 0.4) is 0 Å². The van der Waals surface area contributed by atoms with E-state index in [0.29, 0.717) is 11.3 Å². The number of nitrogens with zero attached hydrogens (tertiary/aromatic N) is 2. The van der Waals surface area contributed by atoms with Gasteiger partial charge >= 0.3 is 23.8 Å². The molecular weight excluding hydrogens is 505 g/mol. The predicted octanol–water partition coefficient (Wildman–Crippen LogP) is 3.89. The molecule has 0 amide bonds. The first-order valence-electron chi connectivity index (χ1n) is 12.1. The van der Waals surface area contributed by atoms with E-state index < -0.39 is 46.5 Å². The molecule has 1 unspecified atom stereocenters. The van der Waals surface area contributed by atoms with Gasteiger partial charge in [-0.1, -0.05) is 18.2 Å². The Morgan fingerprint density at radius 1 is 1.13 bits per heavy atom. The van der Waals surface area contributed by atoms with Crippen molar-refractivity contribution in [1.82, 2.24) is 9.13 Å². The normalized spacial score (nSPS) is 18.5. The highest BCUT2D eigenvalue weighted by atomic mass is 19.4. The Hall–Kier alpha value is -4.15. The van der Waals surface area contributed by atoms with Gasteiger partial charge in [0, 0.05) is 6.20 Å². The molecule has 38 heavy (non-hydrogen) atoms. The molecule has 1 aliphatic carbocycles. The number of cyclic esters (lactones) is 1. The fourth-order valence-corrected chi connectivity index (χ4v) is 5.24. The van der Waals surface area contributed by atoms with Crippen molar-refractivity contribution in [3.8, 4) is 5.69 Å². The van der Waals surface area contributed by atoms with Gasteiger partial charge < -0.3 is 9.47 Å². The van der Waals surface area contributed by atoms with Crippen molar-refractivity contribution in [2.45, 2.75) is 51.4 Å². The van der Waals surface area contributed by atoms with Crippen LogP contribution in [0.1, 0.15) is 70.4 Å². The zero-order valence-corrected chi connectivity index (χ0v) is 20.5. The Kier molecular flexibility index (Phi) is 6.24. The summed E-state index contributed by atoms with van der Waals surface area (Å²) in [5.74, 6) is -1.84. The molecule has 2 heterocycles. The van der Waals surface area contributed by atoms with Crippen LogP contribution in [-0.2, 0) is 33.5 Å². The number of rotatable bonds is 4. The molecule has 0 bridgehead atoms. The number of hydrogen-bond donors (Lipinski definition) is 0. The van der Waals surface area contributed by atoms with Crippen LogP contribution in [0, 0.1) is 0 Å². The average Bonchev–Trinajstić information content (AvgIpc) is 3.29. The molecule has 2 aromatic carbocycles. The molecule has 2 aliphatic rings. The third-order valence-electron chi connectivity index (χ3n) is 7.07. The Morgan fingerprint density at radius 2 is 1.89 bits per heavy atom. The van der Waals surface area contributed by atoms with Crippen LogP contribution in [0.5, 0.6) is 0 Å². The van der Waals surface area contributed by atoms with Crippen molar-refractivity contribution in [1.29, 1.82) is 0 Å². The van der Waals surface area contributed by atoms with E-state index in [4.69, 9.17) is 9.47 Å². The summed E-state index contributed by atoms with van der Waals surface area (Å²) in [6.45, 7) is 3.21. The maximum Gasteiger partial charge on any atom is 0.416 e. The van der Waals surface area contributed by atoms with Gasteiger partial charge in [-0.3, -0.25) is 18.7 Å². The molecule has 8 nitrogen and oxygen atoms in total. The second-order valence-electron chi connectivity index (χ2n) is 9.23. The number of benzene rings is 2. The van der Waals surface area contributed by atoms with Crippen LogP contribution in [0.25, 0.3) is 5.69 Å². The standard InChI is InChI=1S/C27H23F3N2O6/c1-3-37-25(35)20-12-31(16-7-8-17-14(2)24(34)38-13-15(17)11-16)26(36)32(23(20)33)22-10-9-18-19(22)5-4-6-21(18)27(28,29)30/h4-8,11-12,14,22H,3,9-10,13H2,1-2H3/t14?,22-/m1/s1. The number of esters is 2. The Labute approximate surface area is 214 Å². The zero-order valence-electron chi connectivity index (χ0n) is 20.5. The van der Waals surface area contributed by atoms with Crippen molar-refractivity contribution < 1.29 is 32.2 Å². The Morgan fingerprint density at radius 3 is 2.61 bits per heavy atom. The minimum Gasteiger partial charge on any atom is -0.462 e. The minimum absolute atomic E-state index is 0.00724. The van der Waals surface area contributed by atoms with Crippen molar-refractivity contribution in [3.05, 3.63) is 96.8 Å². The summed E-state index contributed by atoms with van der Waals surface area (Å²) in [7, 11) is 0. The molecule has 0 saturated heterocycles. The number of alkyl halides is 3. The molecular formula is C27H23F3N2O6. The molecule has 0 fully saturated rings. The number of hydrogen-bond acceptors (Lipinski definition) is 6. The van der Waals surface area contributed by atoms with E-state index in [-0.39, 0.29) is 43.2 Å². The van der Waals surface area contributed by atoms with Crippen LogP contribution in [0.15, 0.2) is 52.2 Å². The van der Waals surface area contributed by atoms with E-state index >= 15 is 0 Å². The molecule has 198 valence electrons. The molecule has 3 aromatic rings. The van der Waals surface area contributed by atoms with E-state index in [1.54, 1.807) is 32.0 Å². The molecule has 11 heteroatoms. The average molecular weight is 528 g/mol. The van der Waals surface area contributed by atoms with Crippen LogP contribution in [0.4, 0.5) is 13.2 Å². The summed E-state index contributed by atoms with van der Waals surface area (Å²) >= 11 is 0. The molecule has 0 spiro atoms. The van der Waals surface area contributed by atoms with Crippen molar-refractivity contribution >= 4 is 11.9 Å². The van der Waals surface area contributed by atoms with E-state index in [1.165, 1.54) is 12.1 Å². The lowest BCUT2D eigenvalue weighted by molar-refractivity contribution is -0.147. The van der Waals surface area contributed by atoms with Gasteiger partial charge in [-0.2, -0.15) is 13.2 Å². The fourth-order valence-electron chi connectivity index (χ4n) is 5.24. The Balaban J connectivity index is 1.72. The second kappa shape index (κ2) is 9.30. The summed E-state index contributed by atoms with van der Waals surface area (Å²) in [4.78, 5) is 51.8. The largest absolute Gasteiger partial charge is 0.462 e. The van der Waals surface area contributed by atoms with Crippen molar-refractivity contribution in [2.24, 2.45) is 0 Å². The van der Waals surface area contributed by atoms with Crippen LogP contribution < -0.4 is 11.2 Å². The smallest absolute Gasteiger partial charge is 0.416 e. The number of fused-ring (bicyclic) bond motifs is 2. The molecule has 2 atom stereocenters. The van der Waals surface area contributed by atoms with E-state index in [9.17, 15) is 32.3 Å². The lowest BCUT2D eigenvalue weighted by atomic mass is 9.93. The Bertz CT molecular complexity index is 1590. The molecule has 1 aliphatic heterocycles. The quantitative estimate of drug-likeness (QED) is 0.477. The SMILES string of the molecule is CCOC(=O)c1cn(-c2ccc3c(c2)COC(=O)C3C)c(=O)n([C@@H]2CCc3c2cccc3C(F)(F)F)c1=O. The lowest BCUT2D eigenvalue weighted by Crippen LogP contribution is -2.44. The van der Waals surface area contributed by atoms with E-state index in [0.717, 1.165) is 27.0 Å². The number of aromatic nitrogens is 2. The summed E-state index contributed by atoms with van der Waals surface area (Å²) in [5.41, 5.74) is -1.11. The van der Waals surface area contributed by atoms with Crippen LogP contribution in [0.2, 0.25) is 0 Å². The highest BCUT2D eigenvalue weighted by Gasteiger charge is 2.39. The predicted molar refractivity (Wildman–Crippen MR) is 128 cm³/mol. The lowest BCUT2D eigenvalue weighted by Gasteiger charge is -2.23. The number of halogens is 3. The third-order valence-corrected chi connectivity index (χ3v) is 7.07. The van der Waals surface area contributed by atoms with Crippen LogP contribution >= 0.6 is 0 Å². The summed E-state index contributed by atoms with van der Waals surface area (Å²) in [5, 5.41) is 0. The first kappa shape index (κ1) is 25.5. The first-order valence-corrected chi connectivity index (χ1v) is 12.1. The van der Waals surface area contributed by atoms with E-state index in [2.05, 4.69) is 0 Å². The maximum absolute atomic E-state index is 13.8. The zero-order chi connectivity index (χ0) is 27.4. The molecule has 1 aromatic heterocycles. The summed E-state index contributed by atoms with van der Waals surface area (Å²) < 4.78 is 53.1. The number of carbonyl (C=O) groups is 2. The summed E-state index contributed by atoms with van der Waals surface area (Å²) in [6.07, 6.45) is -3.43. The molecule has 0 N–H and O–H groups in total. The molecule has 0 saturated carbocycles. The van der Waals surface area contributed by atoms with Gasteiger partial charge in [0.1, 0.15) is 12.2 Å². The minimum atomic E-state index is -4.60. The maximum atomic E-state index is 13.8. The number of ether oxygens (including phenoxy) is 2. The van der Waals surface area contributed by atoms with Crippen molar-refractivity contribution in [2.75, 3.05) is 6.61 Å². The van der Waals surface area contributed by atoms with Gasteiger partial charge in [0.05, 0.1) is 29.8 Å².